The Hall–Kier alpha value is -2.21. The molecular formula is C23H34N2O3+2. The molecule has 0 radical (unpaired) electrons. The Morgan fingerprint density at radius 1 is 1.04 bits per heavy atom. The molecule has 0 spiro atoms. The first-order valence-corrected chi connectivity index (χ1v) is 10.3. The normalized spacial score (nSPS) is 12.1. The number of rotatable bonds is 13. The van der Waals surface area contributed by atoms with Crippen molar-refractivity contribution in [3.63, 3.8) is 0 Å². The lowest BCUT2D eigenvalue weighted by atomic mass is 10.0. The van der Waals surface area contributed by atoms with Gasteiger partial charge in [-0.05, 0) is 38.1 Å². The molecule has 5 nitrogen and oxygen atoms in total. The quantitative estimate of drug-likeness (QED) is 0.348. The second kappa shape index (κ2) is 12.3. The lowest BCUT2D eigenvalue weighted by Crippen LogP contribution is -3.11. The molecule has 0 saturated heterocycles. The van der Waals surface area contributed by atoms with E-state index in [-0.39, 0.29) is 12.4 Å². The van der Waals surface area contributed by atoms with Crippen LogP contribution < -0.4 is 15.0 Å². The second-order valence-electron chi connectivity index (χ2n) is 7.06. The van der Waals surface area contributed by atoms with Gasteiger partial charge in [0.2, 0.25) is 0 Å². The molecule has 2 aromatic carbocycles. The van der Waals surface area contributed by atoms with Crippen molar-refractivity contribution >= 4 is 5.78 Å². The van der Waals surface area contributed by atoms with Gasteiger partial charge in [0, 0.05) is 17.5 Å². The summed E-state index contributed by atoms with van der Waals surface area (Å²) in [6.45, 7) is 9.87. The Morgan fingerprint density at radius 3 is 2.32 bits per heavy atom. The van der Waals surface area contributed by atoms with E-state index in [1.165, 1.54) is 19.6 Å². The Labute approximate surface area is 168 Å². The zero-order chi connectivity index (χ0) is 20.2. The van der Waals surface area contributed by atoms with Gasteiger partial charge in [0.25, 0.3) is 0 Å². The molecule has 28 heavy (non-hydrogen) atoms. The largest absolute Gasteiger partial charge is 0.491 e. The monoisotopic (exact) mass is 386 g/mol. The average molecular weight is 387 g/mol. The van der Waals surface area contributed by atoms with Crippen molar-refractivity contribution in [1.29, 1.82) is 0 Å². The van der Waals surface area contributed by atoms with E-state index in [1.807, 2.05) is 30.3 Å². The predicted molar refractivity (Wildman–Crippen MR) is 111 cm³/mol. The molecule has 152 valence electrons. The van der Waals surface area contributed by atoms with Crippen molar-refractivity contribution in [3.05, 3.63) is 65.7 Å². The first-order chi connectivity index (χ1) is 13.6. The number of aliphatic hydroxyl groups excluding tert-OH is 1. The lowest BCUT2D eigenvalue weighted by molar-refractivity contribution is -0.898. The summed E-state index contributed by atoms with van der Waals surface area (Å²) >= 11 is 0. The van der Waals surface area contributed by atoms with Crippen LogP contribution >= 0.6 is 0 Å². The van der Waals surface area contributed by atoms with E-state index < -0.39 is 6.10 Å². The van der Waals surface area contributed by atoms with Gasteiger partial charge in [-0.2, -0.15) is 0 Å². The molecule has 2 aromatic rings. The van der Waals surface area contributed by atoms with Crippen molar-refractivity contribution in [3.8, 4) is 5.75 Å². The van der Waals surface area contributed by atoms with Crippen molar-refractivity contribution in [2.75, 3.05) is 39.3 Å². The van der Waals surface area contributed by atoms with Crippen LogP contribution in [0.2, 0.25) is 0 Å². The Morgan fingerprint density at radius 2 is 1.68 bits per heavy atom. The van der Waals surface area contributed by atoms with Crippen molar-refractivity contribution in [2.24, 2.45) is 0 Å². The molecule has 0 aliphatic carbocycles. The minimum atomic E-state index is -0.508. The van der Waals surface area contributed by atoms with E-state index >= 15 is 0 Å². The number of nitrogens with one attached hydrogen (secondary N) is 1. The zero-order valence-corrected chi connectivity index (χ0v) is 17.1. The van der Waals surface area contributed by atoms with E-state index in [0.29, 0.717) is 23.4 Å². The van der Waals surface area contributed by atoms with Gasteiger partial charge in [-0.3, -0.25) is 4.79 Å². The van der Waals surface area contributed by atoms with Gasteiger partial charge in [0.15, 0.2) is 5.78 Å². The number of ketones is 1. The van der Waals surface area contributed by atoms with E-state index in [9.17, 15) is 9.90 Å². The first kappa shape index (κ1) is 22.1. The van der Waals surface area contributed by atoms with Crippen LogP contribution in [-0.4, -0.2) is 56.3 Å². The summed E-state index contributed by atoms with van der Waals surface area (Å²) in [5, 5.41) is 12.2. The molecule has 0 unspecified atom stereocenters. The molecule has 2 rings (SSSR count). The number of hydrogen-bond donors (Lipinski definition) is 3. The number of ether oxygens (including phenoxy) is 1. The maximum atomic E-state index is 12.4. The second-order valence-corrected chi connectivity index (χ2v) is 7.06. The van der Waals surface area contributed by atoms with Gasteiger partial charge in [-0.1, -0.05) is 30.3 Å². The number of nitrogens with two attached hydrogens (primary N) is 1. The smallest absolute Gasteiger partial charge is 0.193 e. The maximum absolute atomic E-state index is 12.4. The van der Waals surface area contributed by atoms with E-state index in [2.05, 4.69) is 19.2 Å². The zero-order valence-electron chi connectivity index (χ0n) is 17.1. The molecule has 0 aliphatic rings. The maximum Gasteiger partial charge on any atom is 0.193 e. The molecule has 0 aliphatic heterocycles. The minimum Gasteiger partial charge on any atom is -0.491 e. The molecule has 5 heteroatoms. The number of carbonyl (C=O) groups is 1. The molecular weight excluding hydrogens is 352 g/mol. The highest BCUT2D eigenvalue weighted by molar-refractivity contribution is 6.08. The highest BCUT2D eigenvalue weighted by Gasteiger charge is 2.10. The SMILES string of the molecule is CC[NH+](CC)CCC[NH2+]C[C@H](O)COc1ccc(C(=O)c2ccccc2)cc1. The molecule has 1 atom stereocenters. The van der Waals surface area contributed by atoms with Crippen LogP contribution in [0.5, 0.6) is 5.75 Å². The van der Waals surface area contributed by atoms with Crippen LogP contribution in [0, 0.1) is 0 Å². The lowest BCUT2D eigenvalue weighted by Gasteiger charge is -2.15. The first-order valence-electron chi connectivity index (χ1n) is 10.3. The van der Waals surface area contributed by atoms with Gasteiger partial charge in [-0.15, -0.1) is 0 Å². The van der Waals surface area contributed by atoms with Gasteiger partial charge in [0.1, 0.15) is 25.0 Å². The van der Waals surface area contributed by atoms with Crippen LogP contribution in [0.4, 0.5) is 0 Å². The number of aliphatic hydroxyl groups is 1. The summed E-state index contributed by atoms with van der Waals surface area (Å²) in [7, 11) is 0. The topological polar surface area (TPSA) is 67.6 Å². The Bertz CT molecular complexity index is 685. The molecule has 0 fully saturated rings. The van der Waals surface area contributed by atoms with Crippen LogP contribution in [-0.2, 0) is 0 Å². The van der Waals surface area contributed by atoms with Gasteiger partial charge < -0.3 is 20.1 Å². The van der Waals surface area contributed by atoms with Crippen LogP contribution in [0.15, 0.2) is 54.6 Å². The summed E-state index contributed by atoms with van der Waals surface area (Å²) in [5.74, 6) is 0.655. The minimum absolute atomic E-state index is 0.00617. The Kier molecular flexibility index (Phi) is 9.69. The number of hydrogen-bond acceptors (Lipinski definition) is 3. The van der Waals surface area contributed by atoms with Crippen molar-refractivity contribution in [1.82, 2.24) is 0 Å². The highest BCUT2D eigenvalue weighted by atomic mass is 16.5. The molecule has 0 saturated carbocycles. The van der Waals surface area contributed by atoms with Crippen molar-refractivity contribution in [2.45, 2.75) is 26.4 Å². The average Bonchev–Trinajstić information content (AvgIpc) is 2.75. The van der Waals surface area contributed by atoms with E-state index in [0.717, 1.165) is 13.0 Å². The van der Waals surface area contributed by atoms with Crippen LogP contribution in [0.3, 0.4) is 0 Å². The van der Waals surface area contributed by atoms with Crippen molar-refractivity contribution < 1.29 is 24.9 Å². The fourth-order valence-corrected chi connectivity index (χ4v) is 3.13. The fraction of sp³-hybridized carbons (Fsp3) is 0.435. The summed E-state index contributed by atoms with van der Waals surface area (Å²) < 4.78 is 5.65. The Balaban J connectivity index is 1.68. The van der Waals surface area contributed by atoms with E-state index in [4.69, 9.17) is 4.74 Å². The third-order valence-corrected chi connectivity index (χ3v) is 4.97. The molecule has 0 bridgehead atoms. The standard InChI is InChI=1S/C23H32N2O3/c1-3-25(4-2)16-8-15-24-17-21(26)18-28-22-13-11-20(12-14-22)23(27)19-9-6-5-7-10-19/h5-7,9-14,21,24,26H,3-4,8,15-18H2,1-2H3/p+2/t21-/m0/s1. The molecule has 0 heterocycles. The summed E-state index contributed by atoms with van der Waals surface area (Å²) in [6.07, 6.45) is 0.646. The molecule has 4 N–H and O–H groups in total. The van der Waals surface area contributed by atoms with Crippen LogP contribution in [0.25, 0.3) is 0 Å². The number of carbonyl (C=O) groups excluding carboxylic acids is 1. The predicted octanol–water partition coefficient (Wildman–Crippen LogP) is 0.536. The van der Waals surface area contributed by atoms with Gasteiger partial charge in [-0.25, -0.2) is 0 Å². The molecule has 0 aromatic heterocycles. The van der Waals surface area contributed by atoms with E-state index in [1.54, 1.807) is 29.2 Å². The fourth-order valence-electron chi connectivity index (χ4n) is 3.13. The number of quaternary nitrogens is 2. The molecule has 0 amide bonds. The summed E-state index contributed by atoms with van der Waals surface area (Å²) in [6, 6.07) is 16.3. The third kappa shape index (κ3) is 7.43. The third-order valence-electron chi connectivity index (χ3n) is 4.97. The van der Waals surface area contributed by atoms with Gasteiger partial charge >= 0.3 is 0 Å². The summed E-state index contributed by atoms with van der Waals surface area (Å²) in [4.78, 5) is 14.0. The highest BCUT2D eigenvalue weighted by Crippen LogP contribution is 2.15. The van der Waals surface area contributed by atoms with Gasteiger partial charge in [0.05, 0.1) is 26.2 Å². The number of benzene rings is 2. The summed E-state index contributed by atoms with van der Waals surface area (Å²) in [5.41, 5.74) is 1.30. The van der Waals surface area contributed by atoms with Crippen LogP contribution in [0.1, 0.15) is 36.2 Å².